The molecular formula is C34H36FN5O6S. The van der Waals surface area contributed by atoms with Crippen LogP contribution >= 0.6 is 0 Å². The van der Waals surface area contributed by atoms with Crippen molar-refractivity contribution in [3.05, 3.63) is 95.9 Å². The summed E-state index contributed by atoms with van der Waals surface area (Å²) in [6.45, 7) is 3.88. The molecule has 3 amide bonds. The van der Waals surface area contributed by atoms with E-state index in [1.165, 1.54) is 49.9 Å². The number of carbonyl (C=O) groups excluding carboxylic acids is 2. The van der Waals surface area contributed by atoms with Crippen LogP contribution in [0.3, 0.4) is 0 Å². The van der Waals surface area contributed by atoms with E-state index < -0.39 is 27.6 Å². The van der Waals surface area contributed by atoms with Gasteiger partial charge >= 0.3 is 6.03 Å². The van der Waals surface area contributed by atoms with E-state index >= 15 is 0 Å². The predicted octanol–water partition coefficient (Wildman–Crippen LogP) is 6.41. The Labute approximate surface area is 273 Å². The summed E-state index contributed by atoms with van der Waals surface area (Å²) in [6, 6.07) is 19.4. The Morgan fingerprint density at radius 3 is 2.26 bits per heavy atom. The Balaban J connectivity index is 1.09. The number of hydrogen-bond acceptors (Lipinski definition) is 8. The first-order valence-corrected chi connectivity index (χ1v) is 16.8. The Morgan fingerprint density at radius 1 is 0.915 bits per heavy atom. The fraction of sp³-hybridized carbons (Fsp3) is 0.265. The molecule has 1 aliphatic heterocycles. The lowest BCUT2D eigenvalue weighted by molar-refractivity contribution is -0.114. The highest BCUT2D eigenvalue weighted by Crippen LogP contribution is 2.33. The Kier molecular flexibility index (Phi) is 10.4. The van der Waals surface area contributed by atoms with Gasteiger partial charge in [0.2, 0.25) is 11.8 Å². The van der Waals surface area contributed by atoms with E-state index in [-0.39, 0.29) is 10.6 Å². The number of pyridine rings is 1. The van der Waals surface area contributed by atoms with Gasteiger partial charge in [-0.15, -0.1) is 0 Å². The van der Waals surface area contributed by atoms with Crippen LogP contribution in [0.15, 0.2) is 83.9 Å². The number of sulfone groups is 1. The average molecular weight is 662 g/mol. The molecule has 0 radical (unpaired) electrons. The first-order chi connectivity index (χ1) is 22.5. The van der Waals surface area contributed by atoms with Crippen LogP contribution in [0.1, 0.15) is 36.8 Å². The molecule has 4 aromatic rings. The highest BCUT2D eigenvalue weighted by atomic mass is 32.2. The third-order valence-corrected chi connectivity index (χ3v) is 8.85. The minimum atomic E-state index is -3.37. The van der Waals surface area contributed by atoms with Gasteiger partial charge in [-0.25, -0.2) is 22.6 Å². The number of carbonyl (C=O) groups is 2. The van der Waals surface area contributed by atoms with Gasteiger partial charge in [0.15, 0.2) is 21.3 Å². The zero-order chi connectivity index (χ0) is 33.6. The smallest absolute Gasteiger partial charge is 0.323 e. The van der Waals surface area contributed by atoms with E-state index in [1.54, 1.807) is 18.3 Å². The summed E-state index contributed by atoms with van der Waals surface area (Å²) >= 11 is 0. The van der Waals surface area contributed by atoms with Crippen molar-refractivity contribution in [3.8, 4) is 17.4 Å². The van der Waals surface area contributed by atoms with Crippen LogP contribution in [0.5, 0.6) is 17.4 Å². The van der Waals surface area contributed by atoms with E-state index in [9.17, 15) is 22.4 Å². The molecule has 1 fully saturated rings. The number of piperidine rings is 1. The predicted molar refractivity (Wildman–Crippen MR) is 177 cm³/mol. The van der Waals surface area contributed by atoms with E-state index in [0.29, 0.717) is 34.7 Å². The molecule has 13 heteroatoms. The van der Waals surface area contributed by atoms with Crippen LogP contribution in [0.2, 0.25) is 0 Å². The van der Waals surface area contributed by atoms with Crippen molar-refractivity contribution < 1.29 is 31.9 Å². The number of anilines is 3. The lowest BCUT2D eigenvalue weighted by Crippen LogP contribution is -2.32. The highest BCUT2D eigenvalue weighted by Gasteiger charge is 2.21. The number of rotatable bonds is 10. The van der Waals surface area contributed by atoms with Crippen molar-refractivity contribution in [1.82, 2.24) is 9.88 Å². The first-order valence-electron chi connectivity index (χ1n) is 14.9. The fourth-order valence-corrected chi connectivity index (χ4v) is 5.98. The zero-order valence-corrected chi connectivity index (χ0v) is 27.1. The van der Waals surface area contributed by atoms with Gasteiger partial charge in [-0.1, -0.05) is 18.2 Å². The lowest BCUT2D eigenvalue weighted by atomic mass is 9.89. The number of benzene rings is 3. The monoisotopic (exact) mass is 661 g/mol. The molecule has 0 atom stereocenters. The zero-order valence-electron chi connectivity index (χ0n) is 26.2. The fourth-order valence-electron chi connectivity index (χ4n) is 5.34. The number of nitrogens with one attached hydrogen (secondary N) is 3. The summed E-state index contributed by atoms with van der Waals surface area (Å²) in [6.07, 6.45) is 4.90. The number of nitrogens with zero attached hydrogens (tertiary/aromatic N) is 2. The van der Waals surface area contributed by atoms with Crippen LogP contribution in [0.25, 0.3) is 0 Å². The molecule has 0 spiro atoms. The van der Waals surface area contributed by atoms with Crippen molar-refractivity contribution in [2.24, 2.45) is 0 Å². The van der Waals surface area contributed by atoms with Gasteiger partial charge in [0.1, 0.15) is 5.82 Å². The second-order valence-corrected chi connectivity index (χ2v) is 13.3. The summed E-state index contributed by atoms with van der Waals surface area (Å²) in [7, 11) is -1.92. The maximum absolute atomic E-state index is 13.9. The normalized spacial score (nSPS) is 13.9. The minimum absolute atomic E-state index is 0.00979. The Morgan fingerprint density at radius 2 is 1.62 bits per heavy atom. The van der Waals surface area contributed by atoms with Crippen LogP contribution < -0.4 is 25.4 Å². The Hall–Kier alpha value is -5.01. The highest BCUT2D eigenvalue weighted by molar-refractivity contribution is 7.90. The summed E-state index contributed by atoms with van der Waals surface area (Å²) < 4.78 is 48.7. The molecule has 1 aliphatic rings. The SMILES string of the molecule is COc1cc(S(C)(=O)=O)ccc1Oc1ccc(CN2CCC(c3ccc(NC(=O)Nc4ccc(F)c(NC(C)=O)c4)cc3)CC2)cn1. The van der Waals surface area contributed by atoms with Crippen LogP contribution in [-0.2, 0) is 21.2 Å². The van der Waals surface area contributed by atoms with Crippen molar-refractivity contribution >= 4 is 38.8 Å². The number of likely N-dealkylation sites (tertiary alicyclic amines) is 1. The second-order valence-electron chi connectivity index (χ2n) is 11.3. The number of aromatic nitrogens is 1. The van der Waals surface area contributed by atoms with E-state index in [0.717, 1.165) is 44.3 Å². The van der Waals surface area contributed by atoms with Crippen molar-refractivity contribution in [2.75, 3.05) is 42.4 Å². The maximum atomic E-state index is 13.9. The molecular weight excluding hydrogens is 625 g/mol. The quantitative estimate of drug-likeness (QED) is 0.177. The van der Waals surface area contributed by atoms with Crippen LogP contribution in [0, 0.1) is 5.82 Å². The summed E-state index contributed by atoms with van der Waals surface area (Å²) in [5.74, 6) is 0.451. The number of hydrogen-bond donors (Lipinski definition) is 3. The molecule has 1 saturated heterocycles. The molecule has 47 heavy (non-hydrogen) atoms. The third-order valence-electron chi connectivity index (χ3n) is 7.74. The second kappa shape index (κ2) is 14.6. The number of methoxy groups -OCH3 is 1. The number of ether oxygens (including phenoxy) is 2. The van der Waals surface area contributed by atoms with Gasteiger partial charge in [-0.2, -0.15) is 0 Å². The minimum Gasteiger partial charge on any atom is -0.493 e. The van der Waals surface area contributed by atoms with Gasteiger partial charge in [-0.05, 0) is 85.4 Å². The van der Waals surface area contributed by atoms with Gasteiger partial charge < -0.3 is 25.4 Å². The topological polar surface area (TPSA) is 139 Å². The Bertz CT molecular complexity index is 1840. The van der Waals surface area contributed by atoms with Crippen molar-refractivity contribution in [3.63, 3.8) is 0 Å². The molecule has 5 rings (SSSR count). The number of urea groups is 1. The average Bonchev–Trinajstić information content (AvgIpc) is 3.04. The van der Waals surface area contributed by atoms with E-state index in [2.05, 4.69) is 25.8 Å². The third kappa shape index (κ3) is 9.05. The molecule has 246 valence electrons. The number of amides is 3. The molecule has 11 nitrogen and oxygen atoms in total. The molecule has 0 bridgehead atoms. The van der Waals surface area contributed by atoms with Crippen molar-refractivity contribution in [1.29, 1.82) is 0 Å². The van der Waals surface area contributed by atoms with Gasteiger partial charge in [0, 0.05) is 49.4 Å². The summed E-state index contributed by atoms with van der Waals surface area (Å²) in [4.78, 5) is 30.7. The lowest BCUT2D eigenvalue weighted by Gasteiger charge is -2.32. The van der Waals surface area contributed by atoms with Gasteiger partial charge in [0.25, 0.3) is 0 Å². The molecule has 2 heterocycles. The standard InChI is InChI=1S/C34H36FN5O6S/c1-22(41)37-30-18-27(9-11-29(30)35)39-34(42)38-26-7-5-24(6-8-26)25-14-16-40(17-15-25)21-23-4-13-33(36-20-23)46-31-12-10-28(47(3,43)44)19-32(31)45-2/h4-13,18-20,25H,14-17,21H2,1-3H3,(H,37,41)(H2,38,39,42). The molecule has 0 saturated carbocycles. The van der Waals surface area contributed by atoms with Crippen LogP contribution in [0.4, 0.5) is 26.2 Å². The van der Waals surface area contributed by atoms with E-state index in [1.807, 2.05) is 30.3 Å². The molecule has 3 aromatic carbocycles. The summed E-state index contributed by atoms with van der Waals surface area (Å²) in [5.41, 5.74) is 3.21. The molecule has 3 N–H and O–H groups in total. The molecule has 1 aromatic heterocycles. The maximum Gasteiger partial charge on any atom is 0.323 e. The van der Waals surface area contributed by atoms with Gasteiger partial charge in [-0.3, -0.25) is 9.69 Å². The van der Waals surface area contributed by atoms with E-state index in [4.69, 9.17) is 9.47 Å². The van der Waals surface area contributed by atoms with Crippen molar-refractivity contribution in [2.45, 2.75) is 37.1 Å². The molecule has 0 unspecified atom stereocenters. The number of halogens is 1. The largest absolute Gasteiger partial charge is 0.493 e. The van der Waals surface area contributed by atoms with Gasteiger partial charge in [0.05, 0.1) is 17.7 Å². The summed E-state index contributed by atoms with van der Waals surface area (Å²) in [5, 5.41) is 7.82. The van der Waals surface area contributed by atoms with Crippen LogP contribution in [-0.4, -0.2) is 56.7 Å². The first kappa shape index (κ1) is 33.4. The molecule has 0 aliphatic carbocycles.